The van der Waals surface area contributed by atoms with E-state index in [2.05, 4.69) is 22.0 Å². The Bertz CT molecular complexity index is 600. The van der Waals surface area contributed by atoms with E-state index in [9.17, 15) is 4.79 Å². The molecule has 0 radical (unpaired) electrons. The summed E-state index contributed by atoms with van der Waals surface area (Å²) in [7, 11) is 0. The van der Waals surface area contributed by atoms with Gasteiger partial charge in [-0.25, -0.2) is 0 Å². The molecule has 1 heterocycles. The third-order valence-electron chi connectivity index (χ3n) is 4.52. The van der Waals surface area contributed by atoms with E-state index in [4.69, 9.17) is 34.8 Å². The van der Waals surface area contributed by atoms with Crippen LogP contribution in [-0.4, -0.2) is 47.9 Å². The number of anilines is 2. The van der Waals surface area contributed by atoms with Crippen LogP contribution in [0.1, 0.15) is 13.3 Å². The second-order valence-electron chi connectivity index (χ2n) is 6.09. The third kappa shape index (κ3) is 3.87. The number of carbonyl (C=O) groups excluding carboxylic acids is 1. The number of hydrogen-bond acceptors (Lipinski definition) is 3. The molecule has 1 aliphatic carbocycles. The standard InChI is InChI=1S/C16H20Cl3N3O/c1-2-21-5-7-22(8-6-21)14-4-3-11(17)9-13(14)20-15(23)12-10-16(12,18)19/h3-4,9,12H,2,5-8,10H2,1H3,(H,20,23). The average molecular weight is 377 g/mol. The first-order valence-corrected chi connectivity index (χ1v) is 8.99. The molecule has 126 valence electrons. The number of benzene rings is 1. The molecule has 7 heteroatoms. The molecule has 1 aromatic rings. The minimum absolute atomic E-state index is 0.147. The number of halogens is 3. The summed E-state index contributed by atoms with van der Waals surface area (Å²) < 4.78 is -0.921. The Hall–Kier alpha value is -0.680. The maximum atomic E-state index is 12.3. The minimum atomic E-state index is -0.921. The fourth-order valence-electron chi connectivity index (χ4n) is 2.91. The van der Waals surface area contributed by atoms with Gasteiger partial charge in [0.1, 0.15) is 4.33 Å². The van der Waals surface area contributed by atoms with Crippen LogP contribution in [0, 0.1) is 5.92 Å². The van der Waals surface area contributed by atoms with Crippen LogP contribution in [0.3, 0.4) is 0 Å². The molecule has 1 unspecified atom stereocenters. The van der Waals surface area contributed by atoms with Crippen molar-refractivity contribution in [1.29, 1.82) is 0 Å². The van der Waals surface area contributed by atoms with Crippen molar-refractivity contribution >= 4 is 52.1 Å². The number of carbonyl (C=O) groups is 1. The van der Waals surface area contributed by atoms with Crippen molar-refractivity contribution in [2.24, 2.45) is 5.92 Å². The quantitative estimate of drug-likeness (QED) is 0.815. The van der Waals surface area contributed by atoms with Gasteiger partial charge >= 0.3 is 0 Å². The van der Waals surface area contributed by atoms with E-state index < -0.39 is 4.33 Å². The van der Waals surface area contributed by atoms with Crippen molar-refractivity contribution in [2.45, 2.75) is 17.7 Å². The van der Waals surface area contributed by atoms with Gasteiger partial charge in [-0.2, -0.15) is 0 Å². The predicted octanol–water partition coefficient (Wildman–Crippen LogP) is 3.61. The zero-order valence-corrected chi connectivity index (χ0v) is 15.3. The molecule has 1 saturated carbocycles. The molecule has 0 spiro atoms. The third-order valence-corrected chi connectivity index (χ3v) is 5.59. The lowest BCUT2D eigenvalue weighted by atomic mass is 10.2. The van der Waals surface area contributed by atoms with Gasteiger partial charge in [-0.1, -0.05) is 18.5 Å². The van der Waals surface area contributed by atoms with Crippen molar-refractivity contribution in [3.05, 3.63) is 23.2 Å². The normalized spacial score (nSPS) is 23.7. The first-order chi connectivity index (χ1) is 10.9. The van der Waals surface area contributed by atoms with Crippen LogP contribution in [0.4, 0.5) is 11.4 Å². The van der Waals surface area contributed by atoms with Crippen LogP contribution in [0.15, 0.2) is 18.2 Å². The predicted molar refractivity (Wildman–Crippen MR) is 97.0 cm³/mol. The average Bonchev–Trinajstić information content (AvgIpc) is 3.17. The topological polar surface area (TPSA) is 35.6 Å². The summed E-state index contributed by atoms with van der Waals surface area (Å²) in [4.78, 5) is 17.0. The number of nitrogens with zero attached hydrogens (tertiary/aromatic N) is 2. The monoisotopic (exact) mass is 375 g/mol. The van der Waals surface area contributed by atoms with Crippen LogP contribution in [-0.2, 0) is 4.79 Å². The van der Waals surface area contributed by atoms with Gasteiger partial charge in [0.15, 0.2) is 0 Å². The summed E-state index contributed by atoms with van der Waals surface area (Å²) >= 11 is 18.1. The molecule has 0 bridgehead atoms. The van der Waals surface area contributed by atoms with Crippen molar-refractivity contribution in [1.82, 2.24) is 4.90 Å². The SMILES string of the molecule is CCN1CCN(c2ccc(Cl)cc2NC(=O)C2CC2(Cl)Cl)CC1. The van der Waals surface area contributed by atoms with Crippen molar-refractivity contribution in [2.75, 3.05) is 42.9 Å². The van der Waals surface area contributed by atoms with Crippen LogP contribution in [0.2, 0.25) is 5.02 Å². The lowest BCUT2D eigenvalue weighted by Crippen LogP contribution is -2.46. The number of likely N-dealkylation sites (N-methyl/N-ethyl adjacent to an activating group) is 1. The summed E-state index contributed by atoms with van der Waals surface area (Å²) in [6.07, 6.45) is 0.493. The van der Waals surface area contributed by atoms with E-state index in [1.165, 1.54) is 0 Å². The first-order valence-electron chi connectivity index (χ1n) is 7.86. The second kappa shape index (κ2) is 6.67. The zero-order chi connectivity index (χ0) is 16.6. The van der Waals surface area contributed by atoms with Crippen LogP contribution >= 0.6 is 34.8 Å². The molecule has 1 N–H and O–H groups in total. The Kier molecular flexibility index (Phi) is 4.98. The summed E-state index contributed by atoms with van der Waals surface area (Å²) in [6, 6.07) is 5.60. The molecule has 1 saturated heterocycles. The highest BCUT2D eigenvalue weighted by Crippen LogP contribution is 2.53. The van der Waals surface area contributed by atoms with Gasteiger partial charge < -0.3 is 15.1 Å². The van der Waals surface area contributed by atoms with E-state index in [-0.39, 0.29) is 11.8 Å². The Morgan fingerprint density at radius 1 is 1.30 bits per heavy atom. The van der Waals surface area contributed by atoms with Crippen LogP contribution in [0.25, 0.3) is 0 Å². The maximum absolute atomic E-state index is 12.3. The fraction of sp³-hybridized carbons (Fsp3) is 0.562. The summed E-state index contributed by atoms with van der Waals surface area (Å²) in [5, 5.41) is 3.54. The van der Waals surface area contributed by atoms with Gasteiger partial charge in [0.2, 0.25) is 5.91 Å². The Morgan fingerprint density at radius 2 is 1.96 bits per heavy atom. The Balaban J connectivity index is 1.75. The van der Waals surface area contributed by atoms with E-state index in [1.54, 1.807) is 6.07 Å². The zero-order valence-electron chi connectivity index (χ0n) is 13.0. The van der Waals surface area contributed by atoms with Gasteiger partial charge in [0.25, 0.3) is 0 Å². The summed E-state index contributed by atoms with van der Waals surface area (Å²) in [5.41, 5.74) is 1.72. The number of hydrogen-bond donors (Lipinski definition) is 1. The minimum Gasteiger partial charge on any atom is -0.367 e. The lowest BCUT2D eigenvalue weighted by Gasteiger charge is -2.36. The van der Waals surface area contributed by atoms with Crippen molar-refractivity contribution in [3.8, 4) is 0 Å². The number of alkyl halides is 2. The van der Waals surface area contributed by atoms with Crippen molar-refractivity contribution < 1.29 is 4.79 Å². The number of nitrogens with one attached hydrogen (secondary N) is 1. The molecule has 2 fully saturated rings. The smallest absolute Gasteiger partial charge is 0.230 e. The number of amides is 1. The molecule has 1 aliphatic heterocycles. The van der Waals surface area contributed by atoms with E-state index in [1.807, 2.05) is 12.1 Å². The largest absolute Gasteiger partial charge is 0.367 e. The highest BCUT2D eigenvalue weighted by molar-refractivity contribution is 6.52. The lowest BCUT2D eigenvalue weighted by molar-refractivity contribution is -0.117. The Morgan fingerprint density at radius 3 is 2.52 bits per heavy atom. The molecule has 1 atom stereocenters. The van der Waals surface area contributed by atoms with Gasteiger partial charge in [0.05, 0.1) is 17.3 Å². The molecule has 4 nitrogen and oxygen atoms in total. The second-order valence-corrected chi connectivity index (χ2v) is 8.07. The van der Waals surface area contributed by atoms with Crippen molar-refractivity contribution in [3.63, 3.8) is 0 Å². The molecular weight excluding hydrogens is 357 g/mol. The molecule has 1 aromatic carbocycles. The van der Waals surface area contributed by atoms with E-state index >= 15 is 0 Å². The highest BCUT2D eigenvalue weighted by atomic mass is 35.5. The molecule has 1 amide bonds. The number of piperazine rings is 1. The molecule has 3 rings (SSSR count). The molecule has 23 heavy (non-hydrogen) atoms. The molecular formula is C16H20Cl3N3O. The maximum Gasteiger partial charge on any atom is 0.230 e. The molecule has 0 aromatic heterocycles. The van der Waals surface area contributed by atoms with Gasteiger partial charge in [-0.3, -0.25) is 4.79 Å². The van der Waals surface area contributed by atoms with E-state index in [0.717, 1.165) is 44.1 Å². The van der Waals surface area contributed by atoms with Crippen LogP contribution in [0.5, 0.6) is 0 Å². The van der Waals surface area contributed by atoms with Gasteiger partial charge in [-0.05, 0) is 31.2 Å². The first kappa shape index (κ1) is 17.2. The van der Waals surface area contributed by atoms with Gasteiger partial charge in [0, 0.05) is 31.2 Å². The molecule has 2 aliphatic rings. The summed E-state index contributed by atoms with van der Waals surface area (Å²) in [6.45, 7) is 7.12. The Labute approximate surface area is 151 Å². The van der Waals surface area contributed by atoms with Gasteiger partial charge in [-0.15, -0.1) is 23.2 Å². The highest BCUT2D eigenvalue weighted by Gasteiger charge is 2.56. The number of rotatable bonds is 4. The summed E-state index contributed by atoms with van der Waals surface area (Å²) in [5.74, 6) is -0.500. The fourth-order valence-corrected chi connectivity index (χ4v) is 3.59. The van der Waals surface area contributed by atoms with Crippen LogP contribution < -0.4 is 10.2 Å². The van der Waals surface area contributed by atoms with E-state index in [0.29, 0.717) is 11.4 Å².